The van der Waals surface area contributed by atoms with Crippen LogP contribution in [0.5, 0.6) is 17.2 Å². The van der Waals surface area contributed by atoms with Gasteiger partial charge >= 0.3 is 5.97 Å². The van der Waals surface area contributed by atoms with Crippen LogP contribution in [-0.2, 0) is 28.8 Å². The Morgan fingerprint density at radius 1 is 1.11 bits per heavy atom. The van der Waals surface area contributed by atoms with Crippen LogP contribution in [0.2, 0.25) is 0 Å². The van der Waals surface area contributed by atoms with Crippen LogP contribution in [0, 0.1) is 0 Å². The number of pyridine rings is 1. The molecular formula is C26H27N3O8S. The zero-order valence-corrected chi connectivity index (χ0v) is 21.7. The number of rotatable bonds is 9. The maximum absolute atomic E-state index is 11.8. The summed E-state index contributed by atoms with van der Waals surface area (Å²) in [5.41, 5.74) is 2.12. The fourth-order valence-corrected chi connectivity index (χ4v) is 4.64. The van der Waals surface area contributed by atoms with Gasteiger partial charge in [0.25, 0.3) is 0 Å². The molecule has 1 N–H and O–H groups in total. The maximum Gasteiger partial charge on any atom is 0.334 e. The summed E-state index contributed by atoms with van der Waals surface area (Å²) in [6.07, 6.45) is 4.44. The van der Waals surface area contributed by atoms with Gasteiger partial charge in [-0.15, -0.1) is 0 Å². The summed E-state index contributed by atoms with van der Waals surface area (Å²) >= 11 is 0. The van der Waals surface area contributed by atoms with E-state index in [9.17, 15) is 13.2 Å². The van der Waals surface area contributed by atoms with E-state index in [4.69, 9.17) is 23.7 Å². The number of benzene rings is 1. The quantitative estimate of drug-likeness (QED) is 0.405. The molecule has 2 aliphatic heterocycles. The third-order valence-electron chi connectivity index (χ3n) is 6.02. The number of hydrogen-bond donors (Lipinski definition) is 1. The fourth-order valence-electron chi connectivity index (χ4n) is 4.08. The Balaban J connectivity index is 1.41. The van der Waals surface area contributed by atoms with Crippen LogP contribution >= 0.6 is 0 Å². The molecule has 12 heteroatoms. The van der Waals surface area contributed by atoms with E-state index < -0.39 is 21.8 Å². The Labute approximate surface area is 219 Å². The summed E-state index contributed by atoms with van der Waals surface area (Å²) in [7, 11) is -2.11. The Morgan fingerprint density at radius 2 is 1.92 bits per heavy atom. The van der Waals surface area contributed by atoms with E-state index in [2.05, 4.69) is 15.0 Å². The van der Waals surface area contributed by atoms with Gasteiger partial charge in [-0.2, -0.15) is 0 Å². The minimum absolute atomic E-state index is 0.0353. The number of aromatic nitrogens is 2. The van der Waals surface area contributed by atoms with Crippen molar-refractivity contribution < 1.29 is 36.9 Å². The third kappa shape index (κ3) is 5.97. The average Bonchev–Trinajstić information content (AvgIpc) is 3.68. The lowest BCUT2D eigenvalue weighted by Crippen LogP contribution is -2.21. The molecule has 1 unspecified atom stereocenters. The highest BCUT2D eigenvalue weighted by molar-refractivity contribution is 7.90. The number of H-pyrrole nitrogens is 1. The molecule has 38 heavy (non-hydrogen) atoms. The molecule has 0 saturated carbocycles. The second-order valence-electron chi connectivity index (χ2n) is 8.92. The van der Waals surface area contributed by atoms with Crippen molar-refractivity contribution in [1.29, 1.82) is 0 Å². The lowest BCUT2D eigenvalue weighted by Gasteiger charge is -2.14. The number of ether oxygens (including phenoxy) is 5. The molecule has 11 nitrogen and oxygen atoms in total. The van der Waals surface area contributed by atoms with E-state index in [1.165, 1.54) is 19.4 Å². The lowest BCUT2D eigenvalue weighted by atomic mass is 10.1. The van der Waals surface area contributed by atoms with Crippen molar-refractivity contribution in [1.82, 2.24) is 9.97 Å². The second kappa shape index (κ2) is 10.8. The molecule has 1 aromatic carbocycles. The fraction of sp³-hybridized carbons (Fsp3) is 0.346. The Hall–Kier alpha value is -3.90. The van der Waals surface area contributed by atoms with Gasteiger partial charge in [-0.05, 0) is 49.2 Å². The molecule has 0 spiro atoms. The molecule has 2 aliphatic rings. The monoisotopic (exact) mass is 541 g/mol. The number of aromatic amines is 1. The highest BCUT2D eigenvalue weighted by Crippen LogP contribution is 2.33. The van der Waals surface area contributed by atoms with E-state index >= 15 is 0 Å². The van der Waals surface area contributed by atoms with E-state index in [0.29, 0.717) is 35.4 Å². The lowest BCUT2D eigenvalue weighted by molar-refractivity contribution is -0.142. The number of carbonyl (C=O) groups is 1. The molecule has 200 valence electrons. The van der Waals surface area contributed by atoms with E-state index in [0.717, 1.165) is 37.0 Å². The minimum Gasteiger partial charge on any atom is -0.491 e. The molecule has 3 aromatic rings. The standard InChI is InChI=1S/C26H27N3O8S/c1-33-26(30)23-15-36-25(29-23)22-7-6-21(28-22)16-10-19(35-14-18-4-3-9-34-18)12-20(11-16)37-17-5-8-24(27-13-17)38(2,31)32/h5-8,10-13,18,23,28H,3-4,9,14-15H2,1-2H3/t18?,23-/m0/s1. The van der Waals surface area contributed by atoms with Gasteiger partial charge in [-0.25, -0.2) is 23.2 Å². The second-order valence-corrected chi connectivity index (χ2v) is 10.9. The normalized spacial score (nSPS) is 19.1. The minimum atomic E-state index is -3.42. The van der Waals surface area contributed by atoms with Crippen LogP contribution in [0.1, 0.15) is 18.5 Å². The molecule has 1 fully saturated rings. The van der Waals surface area contributed by atoms with Crippen LogP contribution in [0.3, 0.4) is 0 Å². The molecule has 0 bridgehead atoms. The predicted octanol–water partition coefficient (Wildman–Crippen LogP) is 3.15. The number of nitrogens with one attached hydrogen (secondary N) is 1. The molecule has 0 amide bonds. The molecule has 2 atom stereocenters. The molecule has 4 heterocycles. The summed E-state index contributed by atoms with van der Waals surface area (Å²) in [5.74, 6) is 1.28. The Kier molecular flexibility index (Phi) is 7.34. The number of sulfone groups is 1. The number of esters is 1. The van der Waals surface area contributed by atoms with Gasteiger partial charge in [-0.1, -0.05) is 0 Å². The van der Waals surface area contributed by atoms with Gasteiger partial charge in [0.05, 0.1) is 19.4 Å². The van der Waals surface area contributed by atoms with Crippen LogP contribution < -0.4 is 9.47 Å². The van der Waals surface area contributed by atoms with Crippen molar-refractivity contribution in [2.75, 3.05) is 33.2 Å². The molecule has 2 aromatic heterocycles. The number of methoxy groups -OCH3 is 1. The zero-order valence-electron chi connectivity index (χ0n) is 20.9. The highest BCUT2D eigenvalue weighted by atomic mass is 32.2. The first-order valence-electron chi connectivity index (χ1n) is 12.0. The molecule has 0 radical (unpaired) electrons. The number of hydrogen-bond acceptors (Lipinski definition) is 10. The summed E-state index contributed by atoms with van der Waals surface area (Å²) in [6, 6.07) is 11.3. The summed E-state index contributed by atoms with van der Waals surface area (Å²) < 4.78 is 51.5. The highest BCUT2D eigenvalue weighted by Gasteiger charge is 2.28. The first-order chi connectivity index (χ1) is 18.3. The van der Waals surface area contributed by atoms with Gasteiger partial charge in [0.1, 0.15) is 36.2 Å². The number of carbonyl (C=O) groups excluding carboxylic acids is 1. The molecule has 5 rings (SSSR count). The van der Waals surface area contributed by atoms with E-state index in [1.807, 2.05) is 24.3 Å². The predicted molar refractivity (Wildman–Crippen MR) is 136 cm³/mol. The van der Waals surface area contributed by atoms with Gasteiger partial charge in [0.2, 0.25) is 5.90 Å². The van der Waals surface area contributed by atoms with Crippen LogP contribution in [0.4, 0.5) is 0 Å². The largest absolute Gasteiger partial charge is 0.491 e. The van der Waals surface area contributed by atoms with Gasteiger partial charge in [-0.3, -0.25) is 0 Å². The van der Waals surface area contributed by atoms with E-state index in [-0.39, 0.29) is 17.7 Å². The van der Waals surface area contributed by atoms with Gasteiger partial charge in [0, 0.05) is 30.2 Å². The van der Waals surface area contributed by atoms with Gasteiger partial charge in [0.15, 0.2) is 20.9 Å². The van der Waals surface area contributed by atoms with Gasteiger partial charge < -0.3 is 28.7 Å². The number of aliphatic imine (C=N–C) groups is 1. The van der Waals surface area contributed by atoms with E-state index in [1.54, 1.807) is 12.1 Å². The van der Waals surface area contributed by atoms with Crippen molar-refractivity contribution in [2.24, 2.45) is 4.99 Å². The zero-order chi connectivity index (χ0) is 26.7. The molecule has 0 aliphatic carbocycles. The molecule has 1 saturated heterocycles. The average molecular weight is 542 g/mol. The maximum atomic E-state index is 11.8. The van der Waals surface area contributed by atoms with Crippen LogP contribution in [0.15, 0.2) is 58.7 Å². The van der Waals surface area contributed by atoms with Crippen molar-refractivity contribution in [3.8, 4) is 28.5 Å². The topological polar surface area (TPSA) is 138 Å². The SMILES string of the molecule is COC(=O)[C@@H]1COC(c2ccc(-c3cc(OCC4CCCO4)cc(Oc4ccc(S(C)(=O)=O)nc4)c3)[nH]2)=N1. The van der Waals surface area contributed by atoms with Crippen molar-refractivity contribution in [3.63, 3.8) is 0 Å². The number of nitrogens with zero attached hydrogens (tertiary/aromatic N) is 2. The Morgan fingerprint density at radius 3 is 2.63 bits per heavy atom. The Bertz CT molecular complexity index is 1440. The summed E-state index contributed by atoms with van der Waals surface area (Å²) in [6.45, 7) is 1.25. The van der Waals surface area contributed by atoms with Crippen LogP contribution in [0.25, 0.3) is 11.3 Å². The van der Waals surface area contributed by atoms with Crippen molar-refractivity contribution in [2.45, 2.75) is 30.0 Å². The smallest absolute Gasteiger partial charge is 0.334 e. The first-order valence-corrected chi connectivity index (χ1v) is 13.9. The summed E-state index contributed by atoms with van der Waals surface area (Å²) in [4.78, 5) is 23.3. The third-order valence-corrected chi connectivity index (χ3v) is 7.02. The van der Waals surface area contributed by atoms with Crippen molar-refractivity contribution in [3.05, 3.63) is 54.4 Å². The van der Waals surface area contributed by atoms with Crippen LogP contribution in [-0.4, -0.2) is 75.6 Å². The first kappa shape index (κ1) is 25.7. The molecular weight excluding hydrogens is 514 g/mol. The summed E-state index contributed by atoms with van der Waals surface area (Å²) in [5, 5.41) is -0.0374. The van der Waals surface area contributed by atoms with Crippen molar-refractivity contribution >= 4 is 21.7 Å².